The molecule has 0 aliphatic carbocycles. The predicted octanol–water partition coefficient (Wildman–Crippen LogP) is 23.7. The van der Waals surface area contributed by atoms with E-state index in [1.807, 2.05) is 71.9 Å². The maximum Gasteiger partial charge on any atom is 0.416 e. The van der Waals surface area contributed by atoms with Gasteiger partial charge in [-0.1, -0.05) is 157 Å². The molecule has 2 fully saturated rings. The number of carbonyl (C=O) groups is 2. The Balaban J connectivity index is 0.000000116. The van der Waals surface area contributed by atoms with E-state index in [1.165, 1.54) is 66.3 Å². The SMILES string of the molecule is Brc1ccc2[nH]c3c(c2c1)CCN(c1ncccn1)C3c1ccc(OCCN2CCOCC2)cc1.CC(C)c1ccc(C2c3[nH]c4ccc(Br)cc4c3CCN2C(=O)Oc2ccc(Cl)cc2)cc1.COc1ccc(C2c3[nH]c4ccc(Br)cc4c3CCN2C(=O)Oc2ccc(Cl)cc2)cc1.Clc1ccc2[nH]c3c(c2c1)CCN(c1ncccn1)C3c1ccc(OCCN2CCOCC2)cc1. The number of anilines is 2. The molecule has 6 aliphatic heterocycles. The molecular formula is C106H100Br3Cl3N14O9. The van der Waals surface area contributed by atoms with E-state index in [4.69, 9.17) is 68.0 Å². The maximum absolute atomic E-state index is 13.3. The number of nitrogens with one attached hydrogen (secondary N) is 4. The zero-order valence-corrected chi connectivity index (χ0v) is 81.7. The summed E-state index contributed by atoms with van der Waals surface area (Å²) in [6.07, 6.45) is 9.74. The van der Waals surface area contributed by atoms with Crippen molar-refractivity contribution in [3.05, 3.63) is 357 Å². The predicted molar refractivity (Wildman–Crippen MR) is 543 cm³/mol. The third-order valence-corrected chi connectivity index (χ3v) is 28.0. The first kappa shape index (κ1) is 92.3. The van der Waals surface area contributed by atoms with Crippen LogP contribution < -0.4 is 33.5 Å². The fourth-order valence-electron chi connectivity index (χ4n) is 19.0. The van der Waals surface area contributed by atoms with Gasteiger partial charge in [-0.15, -0.1) is 0 Å². The lowest BCUT2D eigenvalue weighted by molar-refractivity contribution is 0.0321. The van der Waals surface area contributed by atoms with Gasteiger partial charge in [0.05, 0.1) is 45.6 Å². The number of aromatic amines is 4. The van der Waals surface area contributed by atoms with Crippen LogP contribution in [0.5, 0.6) is 28.7 Å². The molecule has 0 saturated carbocycles. The lowest BCUT2D eigenvalue weighted by Crippen LogP contribution is -2.42. The van der Waals surface area contributed by atoms with Crippen molar-refractivity contribution in [2.75, 3.05) is 122 Å². The molecule has 135 heavy (non-hydrogen) atoms. The molecule has 22 rings (SSSR count). The molecule has 4 unspecified atom stereocenters. The fourth-order valence-corrected chi connectivity index (χ4v) is 20.5. The Morgan fingerprint density at radius 2 is 0.704 bits per heavy atom. The summed E-state index contributed by atoms with van der Waals surface area (Å²) in [5.74, 6) is 5.38. The van der Waals surface area contributed by atoms with E-state index in [9.17, 15) is 9.59 Å². The number of benzene rings is 10. The lowest BCUT2D eigenvalue weighted by Gasteiger charge is -2.36. The Bertz CT molecular complexity index is 6610. The van der Waals surface area contributed by atoms with Crippen molar-refractivity contribution >= 4 is 150 Å². The van der Waals surface area contributed by atoms with Gasteiger partial charge in [-0.2, -0.15) is 0 Å². The van der Waals surface area contributed by atoms with Crippen molar-refractivity contribution in [3.63, 3.8) is 0 Å². The normalized spacial score (nSPS) is 17.1. The molecule has 6 aromatic heterocycles. The molecule has 2 saturated heterocycles. The number of amides is 2. The molecule has 0 spiro atoms. The summed E-state index contributed by atoms with van der Waals surface area (Å²) in [5.41, 5.74) is 19.6. The van der Waals surface area contributed by atoms with Crippen molar-refractivity contribution in [1.82, 2.24) is 59.5 Å². The number of rotatable bonds is 18. The molecule has 4 atom stereocenters. The zero-order chi connectivity index (χ0) is 92.6. The van der Waals surface area contributed by atoms with E-state index in [0.717, 1.165) is 202 Å². The molecule has 6 aliphatic rings. The van der Waals surface area contributed by atoms with Crippen LogP contribution in [0.2, 0.25) is 15.1 Å². The minimum Gasteiger partial charge on any atom is -0.497 e. The number of carbonyl (C=O) groups excluding carboxylic acids is 2. The van der Waals surface area contributed by atoms with Crippen molar-refractivity contribution < 1.29 is 42.7 Å². The second-order valence-corrected chi connectivity index (χ2v) is 38.3. The van der Waals surface area contributed by atoms with Crippen LogP contribution in [0.4, 0.5) is 21.5 Å². The monoisotopic (exact) mass is 2050 g/mol. The van der Waals surface area contributed by atoms with Gasteiger partial charge in [0, 0.05) is 185 Å². The number of hydrogen-bond acceptors (Lipinski definition) is 17. The van der Waals surface area contributed by atoms with Crippen LogP contribution in [0.25, 0.3) is 43.6 Å². The number of halogens is 6. The topological polar surface area (TPSA) is 233 Å². The number of H-pyrrole nitrogens is 4. The summed E-state index contributed by atoms with van der Waals surface area (Å²) >= 11 is 29.1. The van der Waals surface area contributed by atoms with E-state index in [-0.39, 0.29) is 30.3 Å². The highest BCUT2D eigenvalue weighted by Gasteiger charge is 2.40. The highest BCUT2D eigenvalue weighted by Crippen LogP contribution is 2.47. The van der Waals surface area contributed by atoms with Gasteiger partial charge in [-0.05, 0) is 252 Å². The number of fused-ring (bicyclic) bond motifs is 12. The third-order valence-electron chi connectivity index (χ3n) is 25.8. The Labute approximate surface area is 823 Å². The molecule has 0 bridgehead atoms. The van der Waals surface area contributed by atoms with Crippen LogP contribution in [-0.2, 0) is 35.2 Å². The lowest BCUT2D eigenvalue weighted by atomic mass is 9.91. The number of aromatic nitrogens is 8. The van der Waals surface area contributed by atoms with Crippen LogP contribution >= 0.6 is 82.6 Å². The van der Waals surface area contributed by atoms with Crippen LogP contribution in [0.15, 0.2) is 269 Å². The second-order valence-electron chi connectivity index (χ2n) is 34.3. The first-order valence-electron chi connectivity index (χ1n) is 45.5. The van der Waals surface area contributed by atoms with E-state index in [0.29, 0.717) is 53.8 Å². The number of hydrogen-bond donors (Lipinski definition) is 4. The van der Waals surface area contributed by atoms with Crippen LogP contribution in [0.3, 0.4) is 0 Å². The van der Waals surface area contributed by atoms with Crippen molar-refractivity contribution in [2.45, 2.75) is 69.6 Å². The standard InChI is InChI=1S/C27H24BrClN2O2.C27H28BrN5O2.C27H28ClN5O2.C25H20BrClN2O3/c1-16(2)17-3-5-18(6-4-17)26-25-22(23-15-19(28)7-12-24(23)30-25)13-14-31(26)27(32)33-21-10-8-20(29)9-11-21;2*28-20-4-7-24-23(18-20)22-8-11-33(27-29-9-1-10-30-27)26(25(22)31-24)19-2-5-21(6-3-19)35-17-14-32-12-15-34-16-13-32;1-31-18-7-2-15(3-8-18)24-23-20(21-14-16(26)4-11-22(21)28-23)12-13-29(24)25(30)32-19-9-5-17(27)6-10-19/h3-12,15-16,26,30H,13-14H2,1-2H3;2*1-7,9-10,18,26,31H,8,11-17H2;2-11,14,24,28H,12-13H2,1H3. The van der Waals surface area contributed by atoms with Crippen molar-refractivity contribution in [1.29, 1.82) is 0 Å². The van der Waals surface area contributed by atoms with Crippen LogP contribution in [0, 0.1) is 0 Å². The number of morpholine rings is 2. The molecule has 23 nitrogen and oxygen atoms in total. The summed E-state index contributed by atoms with van der Waals surface area (Å²) in [6, 6.07) is 74.9. The summed E-state index contributed by atoms with van der Waals surface area (Å²) in [7, 11) is 1.64. The summed E-state index contributed by atoms with van der Waals surface area (Å²) < 4.78 is 42.9. The third kappa shape index (κ3) is 21.0. The molecule has 2 amide bonds. The summed E-state index contributed by atoms with van der Waals surface area (Å²) in [5, 5.41) is 6.76. The van der Waals surface area contributed by atoms with E-state index < -0.39 is 6.09 Å². The summed E-state index contributed by atoms with van der Waals surface area (Å²) in [6.45, 7) is 17.4. The number of ether oxygens (including phenoxy) is 7. The van der Waals surface area contributed by atoms with Crippen LogP contribution in [-0.4, -0.2) is 184 Å². The second kappa shape index (κ2) is 42.2. The van der Waals surface area contributed by atoms with Gasteiger partial charge in [0.15, 0.2) is 0 Å². The quantitative estimate of drug-likeness (QED) is 0.0625. The highest BCUT2D eigenvalue weighted by atomic mass is 79.9. The first-order chi connectivity index (χ1) is 65.9. The number of nitrogens with zero attached hydrogens (tertiary/aromatic N) is 10. The van der Waals surface area contributed by atoms with E-state index in [1.54, 1.807) is 72.9 Å². The molecule has 29 heteroatoms. The van der Waals surface area contributed by atoms with Gasteiger partial charge >= 0.3 is 12.2 Å². The average molecular weight is 2060 g/mol. The highest BCUT2D eigenvalue weighted by molar-refractivity contribution is 9.11. The van der Waals surface area contributed by atoms with E-state index >= 15 is 0 Å². The van der Waals surface area contributed by atoms with Crippen LogP contribution in [0.1, 0.15) is 117 Å². The summed E-state index contributed by atoms with van der Waals surface area (Å²) in [4.78, 5) is 72.3. The maximum atomic E-state index is 13.3. The van der Waals surface area contributed by atoms with Crippen molar-refractivity contribution in [2.24, 2.45) is 0 Å². The molecule has 690 valence electrons. The molecule has 12 heterocycles. The minimum atomic E-state index is -0.404. The molecule has 4 N–H and O–H groups in total. The van der Waals surface area contributed by atoms with Gasteiger partial charge < -0.3 is 62.9 Å². The number of methoxy groups -OCH3 is 1. The molecule has 0 radical (unpaired) electrons. The Kier molecular flexibility index (Phi) is 28.9. The zero-order valence-electron chi connectivity index (χ0n) is 74.7. The largest absolute Gasteiger partial charge is 0.497 e. The minimum absolute atomic E-state index is 0.00488. The average Bonchev–Trinajstić information content (AvgIpc) is 1.62. The molecule has 10 aromatic carbocycles. The smallest absolute Gasteiger partial charge is 0.416 e. The van der Waals surface area contributed by atoms with Crippen molar-refractivity contribution in [3.8, 4) is 28.7 Å². The Morgan fingerprint density at radius 1 is 0.385 bits per heavy atom. The van der Waals surface area contributed by atoms with Gasteiger partial charge in [0.1, 0.15) is 54.0 Å². The molecular weight excluding hydrogens is 1960 g/mol. The Hall–Kier alpha value is -11.8. The van der Waals surface area contributed by atoms with E-state index in [2.05, 4.69) is 249 Å². The van der Waals surface area contributed by atoms with Gasteiger partial charge in [-0.3, -0.25) is 19.6 Å². The van der Waals surface area contributed by atoms with Gasteiger partial charge in [0.25, 0.3) is 0 Å². The van der Waals surface area contributed by atoms with Gasteiger partial charge in [0.2, 0.25) is 11.9 Å². The molecule has 16 aromatic rings. The van der Waals surface area contributed by atoms with Gasteiger partial charge in [-0.25, -0.2) is 29.5 Å². The fraction of sp³-hybridized carbons (Fsp3) is 0.264. The Morgan fingerprint density at radius 3 is 1.07 bits per heavy atom. The first-order valence-corrected chi connectivity index (χ1v) is 49.0.